The zero-order valence-electron chi connectivity index (χ0n) is 12.0. The van der Waals surface area contributed by atoms with Gasteiger partial charge in [0.2, 0.25) is 0 Å². The highest BCUT2D eigenvalue weighted by atomic mass is 16.5. The summed E-state index contributed by atoms with van der Waals surface area (Å²) in [6, 6.07) is 13.1. The topological polar surface area (TPSA) is 50.4 Å². The molecule has 1 aliphatic heterocycles. The summed E-state index contributed by atoms with van der Waals surface area (Å²) < 4.78 is 5.14. The van der Waals surface area contributed by atoms with Crippen molar-refractivity contribution in [2.24, 2.45) is 0 Å². The van der Waals surface area contributed by atoms with Crippen LogP contribution in [-0.2, 0) is 6.42 Å². The van der Waals surface area contributed by atoms with Gasteiger partial charge in [-0.1, -0.05) is 12.1 Å². The first-order chi connectivity index (χ1) is 10.3. The fourth-order valence-corrected chi connectivity index (χ4v) is 2.51. The molecule has 0 bridgehead atoms. The molecular formula is C17H18N2O2. The van der Waals surface area contributed by atoms with Crippen LogP contribution < -0.4 is 15.4 Å². The van der Waals surface area contributed by atoms with Crippen LogP contribution >= 0.6 is 0 Å². The van der Waals surface area contributed by atoms with Crippen LogP contribution in [0.5, 0.6) is 5.75 Å². The molecule has 0 saturated carbocycles. The Hall–Kier alpha value is -2.49. The lowest BCUT2D eigenvalue weighted by molar-refractivity contribution is 0.102. The lowest BCUT2D eigenvalue weighted by atomic mass is 10.0. The van der Waals surface area contributed by atoms with Crippen molar-refractivity contribution in [2.75, 3.05) is 24.3 Å². The van der Waals surface area contributed by atoms with Crippen LogP contribution in [0, 0.1) is 0 Å². The molecule has 4 nitrogen and oxygen atoms in total. The molecular weight excluding hydrogens is 264 g/mol. The Morgan fingerprint density at radius 2 is 2.14 bits per heavy atom. The third-order valence-corrected chi connectivity index (χ3v) is 3.64. The second-order valence-electron chi connectivity index (χ2n) is 5.09. The summed E-state index contributed by atoms with van der Waals surface area (Å²) in [6.07, 6.45) is 2.24. The number of rotatable bonds is 3. The van der Waals surface area contributed by atoms with E-state index in [1.54, 1.807) is 19.2 Å². The first-order valence-electron chi connectivity index (χ1n) is 7.08. The predicted molar refractivity (Wildman–Crippen MR) is 84.2 cm³/mol. The molecule has 1 amide bonds. The second-order valence-corrected chi connectivity index (χ2v) is 5.09. The summed E-state index contributed by atoms with van der Waals surface area (Å²) in [5.74, 6) is 0.541. The zero-order valence-corrected chi connectivity index (χ0v) is 12.0. The van der Waals surface area contributed by atoms with Gasteiger partial charge in [-0.2, -0.15) is 0 Å². The highest BCUT2D eigenvalue weighted by Gasteiger charge is 2.11. The predicted octanol–water partition coefficient (Wildman–Crippen LogP) is 3.31. The van der Waals surface area contributed by atoms with Gasteiger partial charge in [0.05, 0.1) is 7.11 Å². The van der Waals surface area contributed by atoms with Crippen molar-refractivity contribution >= 4 is 17.3 Å². The van der Waals surface area contributed by atoms with Crippen LogP contribution in [-0.4, -0.2) is 19.6 Å². The SMILES string of the molecule is COc1cccc(C(=O)Nc2ccc3c(c2)NCCC3)c1. The number of amides is 1. The van der Waals surface area contributed by atoms with Crippen LogP contribution in [0.2, 0.25) is 0 Å². The summed E-state index contributed by atoms with van der Waals surface area (Å²) in [5, 5.41) is 6.29. The largest absolute Gasteiger partial charge is 0.497 e. The molecule has 0 aromatic heterocycles. The van der Waals surface area contributed by atoms with E-state index in [0.29, 0.717) is 11.3 Å². The first kappa shape index (κ1) is 13.5. The quantitative estimate of drug-likeness (QED) is 0.908. The monoisotopic (exact) mass is 282 g/mol. The Balaban J connectivity index is 1.78. The van der Waals surface area contributed by atoms with E-state index in [2.05, 4.69) is 16.7 Å². The van der Waals surface area contributed by atoms with Crippen molar-refractivity contribution in [1.82, 2.24) is 0 Å². The maximum absolute atomic E-state index is 12.3. The van der Waals surface area contributed by atoms with Crippen molar-refractivity contribution < 1.29 is 9.53 Å². The summed E-state index contributed by atoms with van der Waals surface area (Å²) in [7, 11) is 1.59. The summed E-state index contributed by atoms with van der Waals surface area (Å²) in [5.41, 5.74) is 3.81. The van der Waals surface area contributed by atoms with E-state index in [0.717, 1.165) is 30.8 Å². The number of aryl methyl sites for hydroxylation is 1. The molecule has 108 valence electrons. The molecule has 0 fully saturated rings. The minimum atomic E-state index is -0.135. The molecule has 2 aromatic rings. The Kier molecular flexibility index (Phi) is 3.77. The van der Waals surface area contributed by atoms with Gasteiger partial charge in [0.15, 0.2) is 0 Å². The van der Waals surface area contributed by atoms with Gasteiger partial charge >= 0.3 is 0 Å². The lowest BCUT2D eigenvalue weighted by Gasteiger charge is -2.19. The highest BCUT2D eigenvalue weighted by Crippen LogP contribution is 2.25. The van der Waals surface area contributed by atoms with Gasteiger partial charge < -0.3 is 15.4 Å². The molecule has 0 unspecified atom stereocenters. The van der Waals surface area contributed by atoms with Gasteiger partial charge in [0.1, 0.15) is 5.75 Å². The van der Waals surface area contributed by atoms with E-state index in [-0.39, 0.29) is 5.91 Å². The Labute approximate surface area is 124 Å². The van der Waals surface area contributed by atoms with E-state index < -0.39 is 0 Å². The van der Waals surface area contributed by atoms with Crippen molar-refractivity contribution in [1.29, 1.82) is 0 Å². The number of fused-ring (bicyclic) bond motifs is 1. The standard InChI is InChI=1S/C17H18N2O2/c1-21-15-6-2-4-13(10-15)17(20)19-14-8-7-12-5-3-9-18-16(12)11-14/h2,4,6-8,10-11,18H,3,5,9H2,1H3,(H,19,20). The molecule has 21 heavy (non-hydrogen) atoms. The average Bonchev–Trinajstić information content (AvgIpc) is 2.54. The number of benzene rings is 2. The lowest BCUT2D eigenvalue weighted by Crippen LogP contribution is -2.14. The number of carbonyl (C=O) groups is 1. The van der Waals surface area contributed by atoms with Crippen molar-refractivity contribution in [3.8, 4) is 5.75 Å². The number of carbonyl (C=O) groups excluding carboxylic acids is 1. The fourth-order valence-electron chi connectivity index (χ4n) is 2.51. The van der Waals surface area contributed by atoms with Gasteiger partial charge in [0, 0.05) is 23.5 Å². The number of methoxy groups -OCH3 is 1. The molecule has 0 spiro atoms. The summed E-state index contributed by atoms with van der Waals surface area (Å²) in [4.78, 5) is 12.3. The summed E-state index contributed by atoms with van der Waals surface area (Å²) >= 11 is 0. The van der Waals surface area contributed by atoms with Crippen molar-refractivity contribution in [3.63, 3.8) is 0 Å². The van der Waals surface area contributed by atoms with E-state index >= 15 is 0 Å². The molecule has 0 atom stereocenters. The molecule has 0 aliphatic carbocycles. The van der Waals surface area contributed by atoms with Gasteiger partial charge in [-0.05, 0) is 48.7 Å². The van der Waals surface area contributed by atoms with Crippen LogP contribution in [0.1, 0.15) is 22.3 Å². The van der Waals surface area contributed by atoms with Crippen LogP contribution in [0.3, 0.4) is 0 Å². The molecule has 1 aliphatic rings. The maximum atomic E-state index is 12.3. The highest BCUT2D eigenvalue weighted by molar-refractivity contribution is 6.04. The Bertz CT molecular complexity index is 668. The third-order valence-electron chi connectivity index (χ3n) is 3.64. The average molecular weight is 282 g/mol. The Morgan fingerprint density at radius 1 is 1.24 bits per heavy atom. The van der Waals surface area contributed by atoms with Gasteiger partial charge in [-0.15, -0.1) is 0 Å². The smallest absolute Gasteiger partial charge is 0.255 e. The van der Waals surface area contributed by atoms with Crippen molar-refractivity contribution in [2.45, 2.75) is 12.8 Å². The van der Waals surface area contributed by atoms with E-state index in [1.807, 2.05) is 24.3 Å². The van der Waals surface area contributed by atoms with Gasteiger partial charge in [-0.25, -0.2) is 0 Å². The minimum absolute atomic E-state index is 0.135. The van der Waals surface area contributed by atoms with Crippen LogP contribution in [0.25, 0.3) is 0 Å². The number of anilines is 2. The number of hydrogen-bond donors (Lipinski definition) is 2. The molecule has 1 heterocycles. The van der Waals surface area contributed by atoms with Gasteiger partial charge in [-0.3, -0.25) is 4.79 Å². The molecule has 0 saturated heterocycles. The second kappa shape index (κ2) is 5.87. The Morgan fingerprint density at radius 3 is 3.00 bits per heavy atom. The minimum Gasteiger partial charge on any atom is -0.497 e. The van der Waals surface area contributed by atoms with E-state index in [1.165, 1.54) is 5.56 Å². The van der Waals surface area contributed by atoms with Crippen LogP contribution in [0.4, 0.5) is 11.4 Å². The molecule has 4 heteroatoms. The number of nitrogens with one attached hydrogen (secondary N) is 2. The fraction of sp³-hybridized carbons (Fsp3) is 0.235. The van der Waals surface area contributed by atoms with Crippen molar-refractivity contribution in [3.05, 3.63) is 53.6 Å². The normalized spacial score (nSPS) is 13.0. The molecule has 2 N–H and O–H groups in total. The van der Waals surface area contributed by atoms with Gasteiger partial charge in [0.25, 0.3) is 5.91 Å². The number of ether oxygens (including phenoxy) is 1. The maximum Gasteiger partial charge on any atom is 0.255 e. The molecule has 3 rings (SSSR count). The summed E-state index contributed by atoms with van der Waals surface area (Å²) in [6.45, 7) is 0.986. The molecule has 2 aromatic carbocycles. The molecule has 0 radical (unpaired) electrons. The van der Waals surface area contributed by atoms with E-state index in [9.17, 15) is 4.79 Å². The van der Waals surface area contributed by atoms with Crippen LogP contribution in [0.15, 0.2) is 42.5 Å². The zero-order chi connectivity index (χ0) is 14.7. The van der Waals surface area contributed by atoms with E-state index in [4.69, 9.17) is 4.74 Å². The number of hydrogen-bond acceptors (Lipinski definition) is 3. The first-order valence-corrected chi connectivity index (χ1v) is 7.08. The third kappa shape index (κ3) is 2.99.